The summed E-state index contributed by atoms with van der Waals surface area (Å²) in [6.45, 7) is 0. The summed E-state index contributed by atoms with van der Waals surface area (Å²) in [7, 11) is 0. The fourth-order valence-corrected chi connectivity index (χ4v) is 1.17. The number of aromatic nitrogens is 2. The number of hydrogen-bond donors (Lipinski definition) is 3. The lowest BCUT2D eigenvalue weighted by molar-refractivity contribution is 0.477. The average molecular weight is 175 g/mol. The van der Waals surface area contributed by atoms with E-state index >= 15 is 0 Å². The molecule has 1 aromatic carbocycles. The van der Waals surface area contributed by atoms with Crippen molar-refractivity contribution in [2.75, 3.05) is 5.73 Å². The van der Waals surface area contributed by atoms with Gasteiger partial charge in [-0.2, -0.15) is 0 Å². The average Bonchev–Trinajstić information content (AvgIpc) is 2.53. The summed E-state index contributed by atoms with van der Waals surface area (Å²) < 4.78 is 0. The fourth-order valence-electron chi connectivity index (χ4n) is 1.17. The second-order valence-corrected chi connectivity index (χ2v) is 2.70. The number of H-pyrrole nitrogens is 1. The summed E-state index contributed by atoms with van der Waals surface area (Å²) in [6.07, 6.45) is 1.59. The van der Waals surface area contributed by atoms with Crippen LogP contribution < -0.4 is 5.73 Å². The largest absolute Gasteiger partial charge is 0.507 e. The number of aromatic amines is 1. The van der Waals surface area contributed by atoms with Crippen LogP contribution in [-0.2, 0) is 0 Å². The van der Waals surface area contributed by atoms with Gasteiger partial charge in [0.05, 0.1) is 11.9 Å². The van der Waals surface area contributed by atoms with Gasteiger partial charge < -0.3 is 15.8 Å². The number of phenols is 1. The van der Waals surface area contributed by atoms with Crippen LogP contribution in [0.25, 0.3) is 11.3 Å². The second-order valence-electron chi connectivity index (χ2n) is 2.70. The Labute approximate surface area is 75.1 Å². The molecule has 4 N–H and O–H groups in total. The summed E-state index contributed by atoms with van der Waals surface area (Å²) >= 11 is 0. The van der Waals surface area contributed by atoms with Gasteiger partial charge in [0, 0.05) is 5.56 Å². The number of benzene rings is 1. The molecule has 0 saturated heterocycles. The van der Waals surface area contributed by atoms with Crippen molar-refractivity contribution in [3.8, 4) is 17.0 Å². The minimum Gasteiger partial charge on any atom is -0.507 e. The number of hydrogen-bond acceptors (Lipinski definition) is 3. The first-order chi connectivity index (χ1) is 6.27. The Morgan fingerprint density at radius 2 is 2.08 bits per heavy atom. The Morgan fingerprint density at radius 3 is 2.69 bits per heavy atom. The quantitative estimate of drug-likeness (QED) is 0.612. The van der Waals surface area contributed by atoms with Crippen LogP contribution in [0.4, 0.5) is 5.95 Å². The van der Waals surface area contributed by atoms with E-state index in [2.05, 4.69) is 9.97 Å². The maximum absolute atomic E-state index is 9.48. The molecule has 1 aromatic heterocycles. The molecular weight excluding hydrogens is 166 g/mol. The molecule has 0 aliphatic rings. The maximum Gasteiger partial charge on any atom is 0.197 e. The number of nitrogens with zero attached hydrogens (tertiary/aromatic N) is 1. The summed E-state index contributed by atoms with van der Waals surface area (Å²) in [6, 6.07) is 7.01. The highest BCUT2D eigenvalue weighted by molar-refractivity contribution is 5.66. The van der Waals surface area contributed by atoms with Gasteiger partial charge in [-0.05, 0) is 12.1 Å². The lowest BCUT2D eigenvalue weighted by atomic mass is 10.1. The van der Waals surface area contributed by atoms with Gasteiger partial charge in [-0.15, -0.1) is 0 Å². The SMILES string of the molecule is Nc1ncc(-c2ccccc2O)[nH]1. The molecule has 2 aromatic rings. The number of rotatable bonds is 1. The molecule has 0 fully saturated rings. The van der Waals surface area contributed by atoms with E-state index in [9.17, 15) is 5.11 Å². The predicted molar refractivity (Wildman–Crippen MR) is 50.1 cm³/mol. The van der Waals surface area contributed by atoms with Crippen LogP contribution in [0.2, 0.25) is 0 Å². The van der Waals surface area contributed by atoms with Crippen LogP contribution in [0.5, 0.6) is 5.75 Å². The van der Waals surface area contributed by atoms with E-state index in [1.165, 1.54) is 0 Å². The van der Waals surface area contributed by atoms with Crippen LogP contribution in [-0.4, -0.2) is 15.1 Å². The molecule has 4 heteroatoms. The van der Waals surface area contributed by atoms with Crippen molar-refractivity contribution in [2.45, 2.75) is 0 Å². The van der Waals surface area contributed by atoms with Gasteiger partial charge in [-0.25, -0.2) is 4.98 Å². The van der Waals surface area contributed by atoms with Gasteiger partial charge in [0.2, 0.25) is 0 Å². The van der Waals surface area contributed by atoms with Gasteiger partial charge in [0.15, 0.2) is 5.95 Å². The number of aromatic hydroxyl groups is 1. The molecule has 0 atom stereocenters. The van der Waals surface area contributed by atoms with Crippen molar-refractivity contribution >= 4 is 5.95 Å². The van der Waals surface area contributed by atoms with Crippen LogP contribution in [0.15, 0.2) is 30.5 Å². The molecule has 0 aliphatic heterocycles. The summed E-state index contributed by atoms with van der Waals surface area (Å²) in [5.41, 5.74) is 6.84. The molecule has 13 heavy (non-hydrogen) atoms. The van der Waals surface area contributed by atoms with Gasteiger partial charge in [-0.3, -0.25) is 0 Å². The molecule has 0 amide bonds. The Bertz CT molecular complexity index is 422. The number of nitrogens with one attached hydrogen (secondary N) is 1. The molecular formula is C9H9N3O. The molecule has 4 nitrogen and oxygen atoms in total. The lowest BCUT2D eigenvalue weighted by Crippen LogP contribution is -1.85. The number of anilines is 1. The zero-order valence-corrected chi connectivity index (χ0v) is 6.86. The summed E-state index contributed by atoms with van der Waals surface area (Å²) in [5, 5.41) is 9.48. The smallest absolute Gasteiger partial charge is 0.197 e. The minimum atomic E-state index is 0.214. The van der Waals surface area contributed by atoms with Crippen LogP contribution in [0.1, 0.15) is 0 Å². The Balaban J connectivity index is 2.52. The molecule has 0 spiro atoms. The van der Waals surface area contributed by atoms with Crippen molar-refractivity contribution in [2.24, 2.45) is 0 Å². The van der Waals surface area contributed by atoms with Crippen LogP contribution >= 0.6 is 0 Å². The Hall–Kier alpha value is -1.97. The third kappa shape index (κ3) is 1.33. The summed E-state index contributed by atoms with van der Waals surface area (Å²) in [4.78, 5) is 6.69. The Morgan fingerprint density at radius 1 is 1.31 bits per heavy atom. The van der Waals surface area contributed by atoms with E-state index in [-0.39, 0.29) is 5.75 Å². The molecule has 0 bridgehead atoms. The Kier molecular flexibility index (Phi) is 1.66. The van der Waals surface area contributed by atoms with Gasteiger partial charge in [-0.1, -0.05) is 12.1 Å². The maximum atomic E-state index is 9.48. The zero-order chi connectivity index (χ0) is 9.26. The third-order valence-electron chi connectivity index (χ3n) is 1.79. The minimum absolute atomic E-state index is 0.214. The molecule has 0 aliphatic carbocycles. The first kappa shape index (κ1) is 7.67. The number of imidazole rings is 1. The van der Waals surface area contributed by atoms with Crippen molar-refractivity contribution in [1.29, 1.82) is 0 Å². The highest BCUT2D eigenvalue weighted by Gasteiger charge is 2.04. The van der Waals surface area contributed by atoms with E-state index < -0.39 is 0 Å². The number of phenolic OH excluding ortho intramolecular Hbond substituents is 1. The first-order valence-electron chi connectivity index (χ1n) is 3.86. The number of nitrogens with two attached hydrogens (primary N) is 1. The molecule has 0 radical (unpaired) electrons. The molecule has 1 heterocycles. The highest BCUT2D eigenvalue weighted by Crippen LogP contribution is 2.26. The fraction of sp³-hybridized carbons (Fsp3) is 0. The van der Waals surface area contributed by atoms with E-state index in [0.29, 0.717) is 11.5 Å². The van der Waals surface area contributed by atoms with E-state index in [1.807, 2.05) is 6.07 Å². The monoisotopic (exact) mass is 175 g/mol. The zero-order valence-electron chi connectivity index (χ0n) is 6.86. The van der Waals surface area contributed by atoms with Crippen molar-refractivity contribution in [3.05, 3.63) is 30.5 Å². The lowest BCUT2D eigenvalue weighted by Gasteiger charge is -1.99. The number of nitrogen functional groups attached to an aromatic ring is 1. The molecule has 2 rings (SSSR count). The van der Waals surface area contributed by atoms with Crippen LogP contribution in [0.3, 0.4) is 0 Å². The van der Waals surface area contributed by atoms with Crippen molar-refractivity contribution < 1.29 is 5.11 Å². The van der Waals surface area contributed by atoms with E-state index in [1.54, 1.807) is 24.4 Å². The third-order valence-corrected chi connectivity index (χ3v) is 1.79. The van der Waals surface area contributed by atoms with Crippen molar-refractivity contribution in [3.63, 3.8) is 0 Å². The standard InChI is InChI=1S/C9H9N3O/c10-9-11-5-7(12-9)6-3-1-2-4-8(6)13/h1-5,13H,(H3,10,11,12). The van der Waals surface area contributed by atoms with E-state index in [4.69, 9.17) is 5.73 Å². The summed E-state index contributed by atoms with van der Waals surface area (Å²) in [5.74, 6) is 0.560. The second kappa shape index (κ2) is 2.82. The topological polar surface area (TPSA) is 74.9 Å². The van der Waals surface area contributed by atoms with Gasteiger partial charge in [0.25, 0.3) is 0 Å². The van der Waals surface area contributed by atoms with Crippen LogP contribution in [0, 0.1) is 0 Å². The molecule has 66 valence electrons. The molecule has 0 saturated carbocycles. The highest BCUT2D eigenvalue weighted by atomic mass is 16.3. The van der Waals surface area contributed by atoms with Gasteiger partial charge >= 0.3 is 0 Å². The normalized spacial score (nSPS) is 10.2. The van der Waals surface area contributed by atoms with Crippen molar-refractivity contribution in [1.82, 2.24) is 9.97 Å². The molecule has 0 unspecified atom stereocenters. The van der Waals surface area contributed by atoms with E-state index in [0.717, 1.165) is 5.69 Å². The first-order valence-corrected chi connectivity index (χ1v) is 3.86. The number of para-hydroxylation sites is 1. The predicted octanol–water partition coefficient (Wildman–Crippen LogP) is 1.36. The van der Waals surface area contributed by atoms with Gasteiger partial charge in [0.1, 0.15) is 5.75 Å².